The molecule has 0 saturated carbocycles. The van der Waals surface area contributed by atoms with E-state index >= 15 is 0 Å². The van der Waals surface area contributed by atoms with Crippen LogP contribution in [-0.2, 0) is 10.0 Å². The van der Waals surface area contributed by atoms with Gasteiger partial charge in [0.15, 0.2) is 0 Å². The Morgan fingerprint density at radius 2 is 1.90 bits per heavy atom. The van der Waals surface area contributed by atoms with Crippen molar-refractivity contribution in [3.63, 3.8) is 0 Å². The maximum absolute atomic E-state index is 12.4. The molecule has 5 heteroatoms. The molecule has 0 radical (unpaired) electrons. The van der Waals surface area contributed by atoms with Gasteiger partial charge in [0.2, 0.25) is 10.0 Å². The highest BCUT2D eigenvalue weighted by molar-refractivity contribution is 7.89. The fourth-order valence-electron chi connectivity index (χ4n) is 2.26. The van der Waals surface area contributed by atoms with Crippen LogP contribution in [0.5, 0.6) is 0 Å². The van der Waals surface area contributed by atoms with Gasteiger partial charge in [0.05, 0.1) is 4.90 Å². The summed E-state index contributed by atoms with van der Waals surface area (Å²) in [4.78, 5) is 0.258. The topological polar surface area (TPSA) is 72.2 Å². The first-order chi connectivity index (χ1) is 9.81. The Kier molecular flexibility index (Phi) is 6.68. The van der Waals surface area contributed by atoms with Crippen molar-refractivity contribution in [3.8, 4) is 0 Å². The zero-order valence-corrected chi connectivity index (χ0v) is 14.4. The minimum Gasteiger partial charge on any atom is -0.398 e. The Bertz CT molecular complexity index is 545. The first-order valence-electron chi connectivity index (χ1n) is 7.68. The van der Waals surface area contributed by atoms with E-state index in [-0.39, 0.29) is 4.90 Å². The van der Waals surface area contributed by atoms with Gasteiger partial charge in [0, 0.05) is 12.2 Å². The molecule has 1 atom stereocenters. The SMILES string of the molecule is CCCCC(CC)CNS(=O)(=O)c1cc(C)c(C)c(N)c1. The fourth-order valence-corrected chi connectivity index (χ4v) is 3.50. The number of nitrogens with two attached hydrogens (primary N) is 1. The zero-order chi connectivity index (χ0) is 16.0. The second kappa shape index (κ2) is 7.80. The number of hydrogen-bond donors (Lipinski definition) is 2. The molecule has 0 aliphatic rings. The van der Waals surface area contributed by atoms with E-state index in [1.807, 2.05) is 13.8 Å². The summed E-state index contributed by atoms with van der Waals surface area (Å²) in [6, 6.07) is 3.22. The lowest BCUT2D eigenvalue weighted by molar-refractivity contribution is 0.443. The molecule has 0 fully saturated rings. The first kappa shape index (κ1) is 18.0. The molecule has 21 heavy (non-hydrogen) atoms. The van der Waals surface area contributed by atoms with Crippen molar-refractivity contribution < 1.29 is 8.42 Å². The molecule has 0 bridgehead atoms. The third-order valence-corrected chi connectivity index (χ3v) is 5.50. The molecule has 0 heterocycles. The van der Waals surface area contributed by atoms with Gasteiger partial charge in [-0.05, 0) is 49.4 Å². The molecule has 0 amide bonds. The largest absolute Gasteiger partial charge is 0.398 e. The van der Waals surface area contributed by atoms with E-state index in [4.69, 9.17) is 5.73 Å². The van der Waals surface area contributed by atoms with Gasteiger partial charge >= 0.3 is 0 Å². The highest BCUT2D eigenvalue weighted by atomic mass is 32.2. The predicted octanol–water partition coefficient (Wildman–Crippen LogP) is 3.38. The molecular formula is C16H28N2O2S. The second-order valence-electron chi connectivity index (χ2n) is 5.72. The van der Waals surface area contributed by atoms with Gasteiger partial charge < -0.3 is 5.73 Å². The summed E-state index contributed by atoms with van der Waals surface area (Å²) >= 11 is 0. The molecule has 1 aromatic carbocycles. The monoisotopic (exact) mass is 312 g/mol. The number of nitrogen functional groups attached to an aromatic ring is 1. The van der Waals surface area contributed by atoms with Crippen molar-refractivity contribution >= 4 is 15.7 Å². The highest BCUT2D eigenvalue weighted by Gasteiger charge is 2.17. The van der Waals surface area contributed by atoms with Gasteiger partial charge in [-0.1, -0.05) is 33.1 Å². The zero-order valence-electron chi connectivity index (χ0n) is 13.6. The average molecular weight is 312 g/mol. The second-order valence-corrected chi connectivity index (χ2v) is 7.49. The Morgan fingerprint density at radius 3 is 2.43 bits per heavy atom. The van der Waals surface area contributed by atoms with Crippen LogP contribution in [0.3, 0.4) is 0 Å². The van der Waals surface area contributed by atoms with Crippen LogP contribution >= 0.6 is 0 Å². The van der Waals surface area contributed by atoms with Gasteiger partial charge in [0.1, 0.15) is 0 Å². The van der Waals surface area contributed by atoms with Crippen molar-refractivity contribution in [1.82, 2.24) is 4.72 Å². The van der Waals surface area contributed by atoms with E-state index in [1.165, 1.54) is 6.07 Å². The number of sulfonamides is 1. The minimum atomic E-state index is -3.48. The van der Waals surface area contributed by atoms with E-state index in [2.05, 4.69) is 18.6 Å². The Hall–Kier alpha value is -1.07. The third-order valence-electron chi connectivity index (χ3n) is 4.10. The van der Waals surface area contributed by atoms with Gasteiger partial charge in [-0.3, -0.25) is 0 Å². The molecule has 120 valence electrons. The first-order valence-corrected chi connectivity index (χ1v) is 9.16. The average Bonchev–Trinajstić information content (AvgIpc) is 2.44. The Balaban J connectivity index is 2.82. The van der Waals surface area contributed by atoms with Crippen LogP contribution in [0.4, 0.5) is 5.69 Å². The summed E-state index contributed by atoms with van der Waals surface area (Å²) in [7, 11) is -3.48. The summed E-state index contributed by atoms with van der Waals surface area (Å²) in [5.41, 5.74) is 8.23. The maximum Gasteiger partial charge on any atom is 0.240 e. The number of rotatable bonds is 8. The Labute approximate surface area is 129 Å². The van der Waals surface area contributed by atoms with Crippen molar-refractivity contribution in [2.45, 2.75) is 58.3 Å². The number of hydrogen-bond acceptors (Lipinski definition) is 3. The molecular weight excluding hydrogens is 284 g/mol. The summed E-state index contributed by atoms with van der Waals surface area (Å²) in [6.45, 7) is 8.51. The van der Waals surface area contributed by atoms with Gasteiger partial charge in [0.25, 0.3) is 0 Å². The lowest BCUT2D eigenvalue weighted by atomic mass is 10.00. The highest BCUT2D eigenvalue weighted by Crippen LogP contribution is 2.22. The maximum atomic E-state index is 12.4. The van der Waals surface area contributed by atoms with Crippen LogP contribution in [0.2, 0.25) is 0 Å². The van der Waals surface area contributed by atoms with Crippen LogP contribution in [0.15, 0.2) is 17.0 Å². The number of aryl methyl sites for hydroxylation is 1. The molecule has 1 aromatic rings. The molecule has 4 nitrogen and oxygen atoms in total. The van der Waals surface area contributed by atoms with Crippen LogP contribution in [0.1, 0.15) is 50.7 Å². The van der Waals surface area contributed by atoms with Crippen molar-refractivity contribution in [2.24, 2.45) is 5.92 Å². The molecule has 0 aliphatic carbocycles. The van der Waals surface area contributed by atoms with E-state index in [0.29, 0.717) is 18.2 Å². The Morgan fingerprint density at radius 1 is 1.24 bits per heavy atom. The molecule has 3 N–H and O–H groups in total. The standard InChI is InChI=1S/C16H28N2O2S/c1-5-7-8-14(6-2)11-18-21(19,20)15-9-12(3)13(4)16(17)10-15/h9-10,14,18H,5-8,11,17H2,1-4H3. The number of unbranched alkanes of at least 4 members (excludes halogenated alkanes) is 1. The summed E-state index contributed by atoms with van der Waals surface area (Å²) in [6.07, 6.45) is 4.32. The van der Waals surface area contributed by atoms with E-state index < -0.39 is 10.0 Å². The van der Waals surface area contributed by atoms with Gasteiger partial charge in [-0.25, -0.2) is 13.1 Å². The van der Waals surface area contributed by atoms with Crippen molar-refractivity contribution in [2.75, 3.05) is 12.3 Å². The summed E-state index contributed by atoms with van der Waals surface area (Å²) in [5, 5.41) is 0. The molecule has 1 rings (SSSR count). The van der Waals surface area contributed by atoms with E-state index in [9.17, 15) is 8.42 Å². The quantitative estimate of drug-likeness (QED) is 0.723. The summed E-state index contributed by atoms with van der Waals surface area (Å²) in [5.74, 6) is 0.392. The lowest BCUT2D eigenvalue weighted by Gasteiger charge is -2.16. The number of anilines is 1. The van der Waals surface area contributed by atoms with Crippen LogP contribution < -0.4 is 10.5 Å². The van der Waals surface area contributed by atoms with E-state index in [1.54, 1.807) is 6.07 Å². The van der Waals surface area contributed by atoms with Crippen LogP contribution in [-0.4, -0.2) is 15.0 Å². The van der Waals surface area contributed by atoms with Gasteiger partial charge in [-0.15, -0.1) is 0 Å². The third kappa shape index (κ3) is 5.00. The fraction of sp³-hybridized carbons (Fsp3) is 0.625. The molecule has 0 spiro atoms. The number of nitrogens with one attached hydrogen (secondary N) is 1. The predicted molar refractivity (Wildman–Crippen MR) is 88.8 cm³/mol. The number of benzene rings is 1. The molecule has 0 aromatic heterocycles. The molecule has 1 unspecified atom stereocenters. The molecule has 0 saturated heterocycles. The van der Waals surface area contributed by atoms with Crippen LogP contribution in [0, 0.1) is 19.8 Å². The lowest BCUT2D eigenvalue weighted by Crippen LogP contribution is -2.29. The molecule has 0 aliphatic heterocycles. The van der Waals surface area contributed by atoms with Crippen LogP contribution in [0.25, 0.3) is 0 Å². The summed E-state index contributed by atoms with van der Waals surface area (Å²) < 4.78 is 27.5. The van der Waals surface area contributed by atoms with Crippen molar-refractivity contribution in [1.29, 1.82) is 0 Å². The van der Waals surface area contributed by atoms with Gasteiger partial charge in [-0.2, -0.15) is 0 Å². The van der Waals surface area contributed by atoms with Crippen molar-refractivity contribution in [3.05, 3.63) is 23.3 Å². The minimum absolute atomic E-state index is 0.258. The normalized spacial score (nSPS) is 13.3. The smallest absolute Gasteiger partial charge is 0.240 e. The van der Waals surface area contributed by atoms with E-state index in [0.717, 1.165) is 36.8 Å².